The standard InChI is InChI=1S/C11H10F3N3/c1-8-15-5-6-17(8)16-10-4-2-3-9(7-10)11(12,13)14/h2-7,16H,1H3. The molecule has 0 radical (unpaired) electrons. The number of imidazole rings is 1. The lowest BCUT2D eigenvalue weighted by molar-refractivity contribution is -0.137. The number of anilines is 1. The van der Waals surface area contributed by atoms with Crippen LogP contribution in [0.3, 0.4) is 0 Å². The molecule has 0 bridgehead atoms. The maximum absolute atomic E-state index is 12.5. The molecule has 0 unspecified atom stereocenters. The van der Waals surface area contributed by atoms with Crippen molar-refractivity contribution in [2.45, 2.75) is 13.1 Å². The largest absolute Gasteiger partial charge is 0.416 e. The molecule has 17 heavy (non-hydrogen) atoms. The molecule has 0 saturated carbocycles. The van der Waals surface area contributed by atoms with Gasteiger partial charge in [-0.1, -0.05) is 6.07 Å². The fourth-order valence-corrected chi connectivity index (χ4v) is 1.40. The van der Waals surface area contributed by atoms with E-state index in [1.807, 2.05) is 0 Å². The predicted molar refractivity (Wildman–Crippen MR) is 57.4 cm³/mol. The van der Waals surface area contributed by atoms with Crippen LogP contribution in [0.2, 0.25) is 0 Å². The lowest BCUT2D eigenvalue weighted by Gasteiger charge is -2.11. The number of halogens is 3. The minimum absolute atomic E-state index is 0.362. The monoisotopic (exact) mass is 241 g/mol. The van der Waals surface area contributed by atoms with Crippen LogP contribution in [-0.2, 0) is 6.18 Å². The first-order valence-electron chi connectivity index (χ1n) is 4.91. The van der Waals surface area contributed by atoms with Crippen LogP contribution in [0, 0.1) is 6.92 Å². The van der Waals surface area contributed by atoms with Crippen molar-refractivity contribution >= 4 is 5.69 Å². The van der Waals surface area contributed by atoms with Crippen LogP contribution in [0.25, 0.3) is 0 Å². The quantitative estimate of drug-likeness (QED) is 0.875. The van der Waals surface area contributed by atoms with Gasteiger partial charge in [-0.15, -0.1) is 0 Å². The van der Waals surface area contributed by atoms with Crippen molar-refractivity contribution < 1.29 is 13.2 Å². The lowest BCUT2D eigenvalue weighted by atomic mass is 10.2. The summed E-state index contributed by atoms with van der Waals surface area (Å²) in [4.78, 5) is 3.96. The fourth-order valence-electron chi connectivity index (χ4n) is 1.40. The van der Waals surface area contributed by atoms with E-state index in [1.165, 1.54) is 6.07 Å². The molecule has 1 heterocycles. The van der Waals surface area contributed by atoms with Crippen LogP contribution in [0.15, 0.2) is 36.7 Å². The lowest BCUT2D eigenvalue weighted by Crippen LogP contribution is -2.11. The van der Waals surface area contributed by atoms with Crippen LogP contribution in [0.5, 0.6) is 0 Å². The zero-order valence-electron chi connectivity index (χ0n) is 8.99. The van der Waals surface area contributed by atoms with E-state index >= 15 is 0 Å². The van der Waals surface area contributed by atoms with Gasteiger partial charge < -0.3 is 0 Å². The first-order valence-corrected chi connectivity index (χ1v) is 4.91. The number of nitrogens with one attached hydrogen (secondary N) is 1. The molecule has 0 saturated heterocycles. The Morgan fingerprint density at radius 3 is 2.65 bits per heavy atom. The van der Waals surface area contributed by atoms with Crippen LogP contribution in [0.4, 0.5) is 18.9 Å². The SMILES string of the molecule is Cc1nccn1Nc1cccc(C(F)(F)F)c1. The van der Waals surface area contributed by atoms with Crippen molar-refractivity contribution in [2.75, 3.05) is 5.43 Å². The van der Waals surface area contributed by atoms with Gasteiger partial charge in [0, 0.05) is 12.4 Å². The minimum Gasteiger partial charge on any atom is -0.293 e. The molecular formula is C11H10F3N3. The highest BCUT2D eigenvalue weighted by Gasteiger charge is 2.30. The molecule has 0 atom stereocenters. The van der Waals surface area contributed by atoms with Crippen LogP contribution >= 0.6 is 0 Å². The van der Waals surface area contributed by atoms with Crippen molar-refractivity contribution in [1.29, 1.82) is 0 Å². The van der Waals surface area contributed by atoms with Crippen molar-refractivity contribution in [3.05, 3.63) is 48.0 Å². The fraction of sp³-hybridized carbons (Fsp3) is 0.182. The highest BCUT2D eigenvalue weighted by Crippen LogP contribution is 2.30. The van der Waals surface area contributed by atoms with E-state index in [-0.39, 0.29) is 0 Å². The van der Waals surface area contributed by atoms with Gasteiger partial charge in [-0.25, -0.2) is 9.66 Å². The minimum atomic E-state index is -4.33. The molecule has 1 N–H and O–H groups in total. The maximum Gasteiger partial charge on any atom is 0.416 e. The van der Waals surface area contributed by atoms with Gasteiger partial charge in [-0.2, -0.15) is 13.2 Å². The summed E-state index contributed by atoms with van der Waals surface area (Å²) in [5, 5.41) is 0. The summed E-state index contributed by atoms with van der Waals surface area (Å²) in [6.07, 6.45) is -1.13. The first kappa shape index (κ1) is 11.5. The summed E-state index contributed by atoms with van der Waals surface area (Å²) in [6, 6.07) is 5.01. The molecule has 0 fully saturated rings. The molecule has 0 spiro atoms. The van der Waals surface area contributed by atoms with Crippen molar-refractivity contribution in [3.8, 4) is 0 Å². The van der Waals surface area contributed by atoms with Crippen LogP contribution < -0.4 is 5.43 Å². The van der Waals surface area contributed by atoms with Gasteiger partial charge in [0.1, 0.15) is 5.82 Å². The van der Waals surface area contributed by atoms with E-state index in [2.05, 4.69) is 10.4 Å². The van der Waals surface area contributed by atoms with Gasteiger partial charge in [0.25, 0.3) is 0 Å². The second-order valence-corrected chi connectivity index (χ2v) is 3.53. The average Bonchev–Trinajstić information content (AvgIpc) is 2.64. The van der Waals surface area contributed by atoms with Gasteiger partial charge in [-0.3, -0.25) is 5.43 Å². The molecule has 0 aliphatic rings. The summed E-state index contributed by atoms with van der Waals surface area (Å²) in [7, 11) is 0. The van der Waals surface area contributed by atoms with Gasteiger partial charge in [0.15, 0.2) is 0 Å². The highest BCUT2D eigenvalue weighted by atomic mass is 19.4. The second-order valence-electron chi connectivity index (χ2n) is 3.53. The van der Waals surface area contributed by atoms with E-state index in [9.17, 15) is 13.2 Å². The molecule has 3 nitrogen and oxygen atoms in total. The van der Waals surface area contributed by atoms with E-state index in [0.29, 0.717) is 11.5 Å². The Morgan fingerprint density at radius 1 is 1.29 bits per heavy atom. The Kier molecular flexibility index (Phi) is 2.79. The summed E-state index contributed by atoms with van der Waals surface area (Å²) in [5.41, 5.74) is 2.50. The molecule has 0 aliphatic carbocycles. The molecule has 1 aromatic heterocycles. The van der Waals surface area contributed by atoms with Gasteiger partial charge >= 0.3 is 6.18 Å². The Balaban J connectivity index is 2.26. The molecule has 90 valence electrons. The summed E-state index contributed by atoms with van der Waals surface area (Å²) in [5.74, 6) is 0.669. The summed E-state index contributed by atoms with van der Waals surface area (Å²) in [6.45, 7) is 1.75. The summed E-state index contributed by atoms with van der Waals surface area (Å²) < 4.78 is 39.0. The maximum atomic E-state index is 12.5. The topological polar surface area (TPSA) is 29.9 Å². The Bertz CT molecular complexity index is 517. The number of aryl methyl sites for hydroxylation is 1. The number of hydrogen-bond donors (Lipinski definition) is 1. The smallest absolute Gasteiger partial charge is 0.293 e. The number of hydrogen-bond acceptors (Lipinski definition) is 2. The van der Waals surface area contributed by atoms with Gasteiger partial charge in [0.2, 0.25) is 0 Å². The zero-order chi connectivity index (χ0) is 12.5. The predicted octanol–water partition coefficient (Wildman–Crippen LogP) is 3.09. The number of benzene rings is 1. The normalized spacial score (nSPS) is 11.5. The van der Waals surface area contributed by atoms with Gasteiger partial charge in [-0.05, 0) is 25.1 Å². The average molecular weight is 241 g/mol. The Labute approximate surface area is 95.9 Å². The van der Waals surface area contributed by atoms with E-state index in [1.54, 1.807) is 30.1 Å². The molecule has 6 heteroatoms. The second kappa shape index (κ2) is 4.12. The number of aromatic nitrogens is 2. The highest BCUT2D eigenvalue weighted by molar-refractivity contribution is 5.46. The van der Waals surface area contributed by atoms with Crippen molar-refractivity contribution in [2.24, 2.45) is 0 Å². The summed E-state index contributed by atoms with van der Waals surface area (Å²) >= 11 is 0. The van der Waals surface area contributed by atoms with E-state index < -0.39 is 11.7 Å². The molecule has 2 rings (SSSR count). The third-order valence-corrected chi connectivity index (χ3v) is 2.27. The van der Waals surface area contributed by atoms with E-state index in [0.717, 1.165) is 12.1 Å². The number of alkyl halides is 3. The number of nitrogens with zero attached hydrogens (tertiary/aromatic N) is 2. The van der Waals surface area contributed by atoms with Crippen molar-refractivity contribution in [3.63, 3.8) is 0 Å². The molecule has 1 aromatic carbocycles. The molecule has 0 amide bonds. The third kappa shape index (κ3) is 2.58. The van der Waals surface area contributed by atoms with Gasteiger partial charge in [0.05, 0.1) is 11.3 Å². The first-order chi connectivity index (χ1) is 7.97. The van der Waals surface area contributed by atoms with Crippen LogP contribution in [-0.4, -0.2) is 9.66 Å². The third-order valence-electron chi connectivity index (χ3n) is 2.27. The Hall–Kier alpha value is -1.98. The Morgan fingerprint density at radius 2 is 2.06 bits per heavy atom. The van der Waals surface area contributed by atoms with Crippen LogP contribution in [0.1, 0.15) is 11.4 Å². The molecule has 2 aromatic rings. The molecular weight excluding hydrogens is 231 g/mol. The molecule has 0 aliphatic heterocycles. The van der Waals surface area contributed by atoms with E-state index in [4.69, 9.17) is 0 Å². The zero-order valence-corrected chi connectivity index (χ0v) is 8.99. The van der Waals surface area contributed by atoms with Crippen molar-refractivity contribution in [1.82, 2.24) is 9.66 Å². The number of rotatable bonds is 2.